The maximum absolute atomic E-state index is 13.7. The van der Waals surface area contributed by atoms with Crippen molar-refractivity contribution in [3.05, 3.63) is 29.6 Å². The maximum atomic E-state index is 13.7. The molecule has 4 nitrogen and oxygen atoms in total. The van der Waals surface area contributed by atoms with E-state index in [0.29, 0.717) is 31.1 Å². The van der Waals surface area contributed by atoms with Crippen LogP contribution in [-0.2, 0) is 11.3 Å². The molecule has 18 heavy (non-hydrogen) atoms. The lowest BCUT2D eigenvalue weighted by Gasteiger charge is -2.25. The van der Waals surface area contributed by atoms with Gasteiger partial charge in [-0.05, 0) is 25.2 Å². The zero-order valence-electron chi connectivity index (χ0n) is 10.6. The molecule has 1 fully saturated rings. The predicted molar refractivity (Wildman–Crippen MR) is 65.0 cm³/mol. The monoisotopic (exact) mass is 255 g/mol. The quantitative estimate of drug-likeness (QED) is 0.872. The van der Waals surface area contributed by atoms with Gasteiger partial charge in [-0.25, -0.2) is 4.39 Å². The van der Waals surface area contributed by atoms with Crippen molar-refractivity contribution in [1.82, 2.24) is 4.90 Å². The van der Waals surface area contributed by atoms with Gasteiger partial charge in [0.15, 0.2) is 0 Å². The van der Waals surface area contributed by atoms with Crippen molar-refractivity contribution in [3.63, 3.8) is 0 Å². The van der Waals surface area contributed by atoms with Gasteiger partial charge < -0.3 is 14.6 Å². The van der Waals surface area contributed by atoms with Crippen LogP contribution in [-0.4, -0.2) is 49.5 Å². The number of benzene rings is 1. The largest absolute Gasteiger partial charge is 0.497 e. The van der Waals surface area contributed by atoms with Gasteiger partial charge in [-0.15, -0.1) is 0 Å². The molecule has 1 aliphatic heterocycles. The number of likely N-dealkylation sites (N-methyl/N-ethyl adjacent to an activating group) is 1. The Labute approximate surface area is 106 Å². The summed E-state index contributed by atoms with van der Waals surface area (Å²) in [5, 5.41) is 9.72. The average molecular weight is 255 g/mol. The molecule has 1 aliphatic rings. The van der Waals surface area contributed by atoms with E-state index in [2.05, 4.69) is 0 Å². The molecule has 1 heterocycles. The van der Waals surface area contributed by atoms with E-state index in [0.717, 1.165) is 0 Å². The van der Waals surface area contributed by atoms with Gasteiger partial charge in [-0.3, -0.25) is 4.90 Å². The molecule has 0 aromatic heterocycles. The molecule has 0 radical (unpaired) electrons. The number of ether oxygens (including phenoxy) is 2. The minimum absolute atomic E-state index is 0.0874. The molecule has 0 spiro atoms. The molecule has 0 bridgehead atoms. The summed E-state index contributed by atoms with van der Waals surface area (Å²) in [5.41, 5.74) is 0.552. The van der Waals surface area contributed by atoms with Gasteiger partial charge in [0.1, 0.15) is 11.6 Å². The zero-order chi connectivity index (χ0) is 13.1. The molecule has 1 N–H and O–H groups in total. The minimum Gasteiger partial charge on any atom is -0.497 e. The first-order valence-corrected chi connectivity index (χ1v) is 5.90. The highest BCUT2D eigenvalue weighted by Crippen LogP contribution is 2.20. The van der Waals surface area contributed by atoms with E-state index < -0.39 is 6.10 Å². The number of aliphatic hydroxyl groups is 1. The Morgan fingerprint density at radius 1 is 1.50 bits per heavy atom. The summed E-state index contributed by atoms with van der Waals surface area (Å²) in [4.78, 5) is 1.90. The molecule has 1 saturated heterocycles. The van der Waals surface area contributed by atoms with E-state index in [1.165, 1.54) is 6.07 Å². The van der Waals surface area contributed by atoms with Gasteiger partial charge in [0.25, 0.3) is 0 Å². The smallest absolute Gasteiger partial charge is 0.127 e. The van der Waals surface area contributed by atoms with Crippen molar-refractivity contribution in [2.75, 3.05) is 27.4 Å². The summed E-state index contributed by atoms with van der Waals surface area (Å²) in [5.74, 6) is 0.360. The van der Waals surface area contributed by atoms with Crippen LogP contribution in [0.2, 0.25) is 0 Å². The number of halogens is 1. The Morgan fingerprint density at radius 2 is 2.28 bits per heavy atom. The van der Waals surface area contributed by atoms with Gasteiger partial charge in [0, 0.05) is 12.1 Å². The maximum Gasteiger partial charge on any atom is 0.127 e. The minimum atomic E-state index is -0.510. The summed E-state index contributed by atoms with van der Waals surface area (Å²) in [7, 11) is 3.40. The van der Waals surface area contributed by atoms with Crippen molar-refractivity contribution < 1.29 is 19.0 Å². The lowest BCUT2D eigenvalue weighted by atomic mass is 10.1. The Hall–Kier alpha value is -1.17. The van der Waals surface area contributed by atoms with Crippen LogP contribution in [0.3, 0.4) is 0 Å². The van der Waals surface area contributed by atoms with E-state index >= 15 is 0 Å². The van der Waals surface area contributed by atoms with Gasteiger partial charge in [0.05, 0.1) is 32.5 Å². The van der Waals surface area contributed by atoms with Crippen LogP contribution in [0.1, 0.15) is 5.56 Å². The van der Waals surface area contributed by atoms with Gasteiger partial charge in [-0.1, -0.05) is 0 Å². The lowest BCUT2D eigenvalue weighted by molar-refractivity contribution is 0.0920. The zero-order valence-corrected chi connectivity index (χ0v) is 10.6. The average Bonchev–Trinajstić information content (AvgIpc) is 2.78. The van der Waals surface area contributed by atoms with Crippen LogP contribution in [0.4, 0.5) is 4.39 Å². The lowest BCUT2D eigenvalue weighted by Crippen LogP contribution is -2.40. The third kappa shape index (κ3) is 2.80. The molecule has 2 atom stereocenters. The molecule has 1 aromatic rings. The first-order chi connectivity index (χ1) is 8.61. The predicted octanol–water partition coefficient (Wildman–Crippen LogP) is 1.03. The summed E-state index contributed by atoms with van der Waals surface area (Å²) in [6.07, 6.45) is -0.510. The molecule has 0 saturated carbocycles. The molecule has 2 rings (SSSR count). The Kier molecular flexibility index (Phi) is 4.16. The molecule has 1 aromatic carbocycles. The Morgan fingerprint density at radius 3 is 2.89 bits per heavy atom. The molecule has 0 amide bonds. The number of nitrogens with zero attached hydrogens (tertiary/aromatic N) is 1. The second-order valence-electron chi connectivity index (χ2n) is 4.54. The Balaban J connectivity index is 2.08. The van der Waals surface area contributed by atoms with Crippen LogP contribution < -0.4 is 4.74 Å². The number of hydrogen-bond donors (Lipinski definition) is 1. The van der Waals surface area contributed by atoms with Gasteiger partial charge in [-0.2, -0.15) is 0 Å². The number of rotatable bonds is 4. The fourth-order valence-electron chi connectivity index (χ4n) is 2.14. The summed E-state index contributed by atoms with van der Waals surface area (Å²) in [6.45, 7) is 1.23. The van der Waals surface area contributed by atoms with Crippen LogP contribution in [0.25, 0.3) is 0 Å². The summed E-state index contributed by atoms with van der Waals surface area (Å²) in [6, 6.07) is 4.57. The third-order valence-electron chi connectivity index (χ3n) is 3.26. The highest BCUT2D eigenvalue weighted by atomic mass is 19.1. The van der Waals surface area contributed by atoms with Crippen LogP contribution in [0.15, 0.2) is 18.2 Å². The Bertz CT molecular complexity index is 413. The molecule has 0 unspecified atom stereocenters. The third-order valence-corrected chi connectivity index (χ3v) is 3.26. The standard InChI is InChI=1S/C13H18FNO3/c1-15(12-7-18-8-13(12)16)6-9-5-10(17-2)3-4-11(9)14/h3-5,12-13,16H,6-8H2,1-2H3/t12-,13-/m1/s1. The summed E-state index contributed by atoms with van der Waals surface area (Å²) < 4.78 is 23.9. The highest BCUT2D eigenvalue weighted by molar-refractivity contribution is 5.29. The molecular formula is C13H18FNO3. The second-order valence-corrected chi connectivity index (χ2v) is 4.54. The van der Waals surface area contributed by atoms with E-state index in [-0.39, 0.29) is 11.9 Å². The fourth-order valence-corrected chi connectivity index (χ4v) is 2.14. The fraction of sp³-hybridized carbons (Fsp3) is 0.538. The topological polar surface area (TPSA) is 41.9 Å². The van der Waals surface area contributed by atoms with Crippen molar-refractivity contribution in [1.29, 1.82) is 0 Å². The number of aliphatic hydroxyl groups excluding tert-OH is 1. The molecular weight excluding hydrogens is 237 g/mol. The van der Waals surface area contributed by atoms with Crippen LogP contribution in [0, 0.1) is 5.82 Å². The van der Waals surface area contributed by atoms with Gasteiger partial charge >= 0.3 is 0 Å². The second kappa shape index (κ2) is 5.65. The van der Waals surface area contributed by atoms with Gasteiger partial charge in [0.2, 0.25) is 0 Å². The van der Waals surface area contributed by atoms with Crippen molar-refractivity contribution in [2.45, 2.75) is 18.7 Å². The first kappa shape index (κ1) is 13.3. The highest BCUT2D eigenvalue weighted by Gasteiger charge is 2.29. The van der Waals surface area contributed by atoms with E-state index in [1.54, 1.807) is 19.2 Å². The van der Waals surface area contributed by atoms with Crippen LogP contribution in [0.5, 0.6) is 5.75 Å². The molecule has 100 valence electrons. The molecule has 0 aliphatic carbocycles. The van der Waals surface area contributed by atoms with Crippen molar-refractivity contribution in [2.24, 2.45) is 0 Å². The van der Waals surface area contributed by atoms with E-state index in [9.17, 15) is 9.50 Å². The van der Waals surface area contributed by atoms with E-state index in [1.807, 2.05) is 11.9 Å². The normalized spacial score (nSPS) is 23.6. The summed E-state index contributed by atoms with van der Waals surface area (Å²) >= 11 is 0. The van der Waals surface area contributed by atoms with Crippen LogP contribution >= 0.6 is 0 Å². The SMILES string of the molecule is COc1ccc(F)c(CN(C)[C@@H]2COC[C@H]2O)c1. The van der Waals surface area contributed by atoms with Crippen molar-refractivity contribution >= 4 is 0 Å². The first-order valence-electron chi connectivity index (χ1n) is 5.90. The number of hydrogen-bond acceptors (Lipinski definition) is 4. The van der Waals surface area contributed by atoms with Crippen molar-refractivity contribution in [3.8, 4) is 5.75 Å². The van der Waals surface area contributed by atoms with E-state index in [4.69, 9.17) is 9.47 Å². The number of methoxy groups -OCH3 is 1. The molecule has 5 heteroatoms.